The molecule has 0 fully saturated rings. The maximum atomic E-state index is 12.4. The molecule has 2 aromatic rings. The van der Waals surface area contributed by atoms with Crippen LogP contribution < -0.4 is 15.8 Å². The summed E-state index contributed by atoms with van der Waals surface area (Å²) >= 11 is 0. The first kappa shape index (κ1) is 14.9. The van der Waals surface area contributed by atoms with E-state index in [1.54, 1.807) is 18.2 Å². The van der Waals surface area contributed by atoms with E-state index in [1.807, 2.05) is 30.3 Å². The molecule has 1 atom stereocenters. The summed E-state index contributed by atoms with van der Waals surface area (Å²) in [6.45, 7) is -0.194. The molecule has 0 aliphatic carbocycles. The second kappa shape index (κ2) is 6.76. The second-order valence-corrected chi connectivity index (χ2v) is 4.55. The average Bonchev–Trinajstić information content (AvgIpc) is 2.53. The van der Waals surface area contributed by atoms with Crippen LogP contribution in [-0.2, 0) is 0 Å². The van der Waals surface area contributed by atoms with Gasteiger partial charge in [-0.15, -0.1) is 0 Å². The summed E-state index contributed by atoms with van der Waals surface area (Å²) in [7, 11) is 1.46. The molecule has 0 spiro atoms. The van der Waals surface area contributed by atoms with Gasteiger partial charge >= 0.3 is 0 Å². The molecule has 0 aliphatic rings. The number of nitrogens with one attached hydrogen (secondary N) is 1. The number of aliphatic hydroxyl groups is 1. The largest absolute Gasteiger partial charge is 0.494 e. The van der Waals surface area contributed by atoms with Crippen molar-refractivity contribution in [2.45, 2.75) is 6.04 Å². The van der Waals surface area contributed by atoms with Crippen LogP contribution in [0.4, 0.5) is 5.69 Å². The zero-order valence-electron chi connectivity index (χ0n) is 11.7. The minimum Gasteiger partial charge on any atom is -0.494 e. The van der Waals surface area contributed by atoms with Gasteiger partial charge in [0.25, 0.3) is 5.91 Å². The summed E-state index contributed by atoms with van der Waals surface area (Å²) in [5.41, 5.74) is 7.35. The molecule has 0 aliphatic heterocycles. The SMILES string of the molecule is COc1c(N)cccc1C(=O)N[C@@H](CO)c1ccccc1. The second-order valence-electron chi connectivity index (χ2n) is 4.55. The Kier molecular flexibility index (Phi) is 4.79. The minimum atomic E-state index is -0.482. The van der Waals surface area contributed by atoms with Crippen molar-refractivity contribution in [3.8, 4) is 5.75 Å². The van der Waals surface area contributed by atoms with E-state index >= 15 is 0 Å². The fourth-order valence-electron chi connectivity index (χ4n) is 2.12. The van der Waals surface area contributed by atoms with Crippen LogP contribution in [0.1, 0.15) is 22.0 Å². The van der Waals surface area contributed by atoms with Gasteiger partial charge in [-0.05, 0) is 17.7 Å². The van der Waals surface area contributed by atoms with Gasteiger partial charge in [-0.25, -0.2) is 0 Å². The van der Waals surface area contributed by atoms with E-state index in [1.165, 1.54) is 7.11 Å². The third-order valence-electron chi connectivity index (χ3n) is 3.18. The number of aliphatic hydroxyl groups excluding tert-OH is 1. The molecule has 0 aromatic heterocycles. The fourth-order valence-corrected chi connectivity index (χ4v) is 2.12. The smallest absolute Gasteiger partial charge is 0.255 e. The molecular formula is C16H18N2O3. The molecule has 110 valence electrons. The van der Waals surface area contributed by atoms with Crippen molar-refractivity contribution < 1.29 is 14.6 Å². The van der Waals surface area contributed by atoms with Crippen molar-refractivity contribution in [3.63, 3.8) is 0 Å². The van der Waals surface area contributed by atoms with Crippen molar-refractivity contribution in [2.24, 2.45) is 0 Å². The highest BCUT2D eigenvalue weighted by Gasteiger charge is 2.18. The topological polar surface area (TPSA) is 84.6 Å². The van der Waals surface area contributed by atoms with Crippen LogP contribution in [0.3, 0.4) is 0 Å². The van der Waals surface area contributed by atoms with E-state index in [4.69, 9.17) is 10.5 Å². The number of carbonyl (C=O) groups is 1. The van der Waals surface area contributed by atoms with Gasteiger partial charge < -0.3 is 20.9 Å². The van der Waals surface area contributed by atoms with Crippen molar-refractivity contribution in [2.75, 3.05) is 19.5 Å². The van der Waals surface area contributed by atoms with Crippen LogP contribution >= 0.6 is 0 Å². The van der Waals surface area contributed by atoms with E-state index in [9.17, 15) is 9.90 Å². The first-order chi connectivity index (χ1) is 10.2. The van der Waals surface area contributed by atoms with Crippen LogP contribution in [0.2, 0.25) is 0 Å². The van der Waals surface area contributed by atoms with Gasteiger partial charge in [0.1, 0.15) is 0 Å². The Morgan fingerprint density at radius 1 is 1.24 bits per heavy atom. The third kappa shape index (κ3) is 3.32. The van der Waals surface area contributed by atoms with E-state index in [0.29, 0.717) is 17.0 Å². The maximum Gasteiger partial charge on any atom is 0.255 e. The van der Waals surface area contributed by atoms with E-state index in [0.717, 1.165) is 5.56 Å². The Morgan fingerprint density at radius 3 is 2.57 bits per heavy atom. The predicted molar refractivity (Wildman–Crippen MR) is 81.1 cm³/mol. The quantitative estimate of drug-likeness (QED) is 0.731. The molecule has 0 heterocycles. The number of anilines is 1. The molecule has 0 saturated carbocycles. The summed E-state index contributed by atoms with van der Waals surface area (Å²) < 4.78 is 5.17. The molecule has 0 saturated heterocycles. The Hall–Kier alpha value is -2.53. The van der Waals surface area contributed by atoms with Crippen LogP contribution in [-0.4, -0.2) is 24.7 Å². The monoisotopic (exact) mass is 286 g/mol. The molecule has 2 aromatic carbocycles. The summed E-state index contributed by atoms with van der Waals surface area (Å²) in [5.74, 6) is -0.0122. The fraction of sp³-hybridized carbons (Fsp3) is 0.188. The highest BCUT2D eigenvalue weighted by atomic mass is 16.5. The molecule has 21 heavy (non-hydrogen) atoms. The van der Waals surface area contributed by atoms with E-state index in [-0.39, 0.29) is 12.5 Å². The maximum absolute atomic E-state index is 12.4. The van der Waals surface area contributed by atoms with Gasteiger partial charge in [-0.3, -0.25) is 4.79 Å². The first-order valence-corrected chi connectivity index (χ1v) is 6.56. The normalized spacial score (nSPS) is 11.7. The highest BCUT2D eigenvalue weighted by Crippen LogP contribution is 2.26. The third-order valence-corrected chi connectivity index (χ3v) is 3.18. The number of ether oxygens (including phenoxy) is 1. The number of amides is 1. The summed E-state index contributed by atoms with van der Waals surface area (Å²) in [6.07, 6.45) is 0. The zero-order chi connectivity index (χ0) is 15.2. The Bertz CT molecular complexity index is 614. The Balaban J connectivity index is 2.23. The first-order valence-electron chi connectivity index (χ1n) is 6.56. The molecule has 4 N–H and O–H groups in total. The number of methoxy groups -OCH3 is 1. The molecule has 5 nitrogen and oxygen atoms in total. The highest BCUT2D eigenvalue weighted by molar-refractivity contribution is 5.98. The van der Waals surface area contributed by atoms with Gasteiger partial charge in [0, 0.05) is 0 Å². The number of rotatable bonds is 5. The summed E-state index contributed by atoms with van der Waals surface area (Å²) in [6, 6.07) is 13.8. The lowest BCUT2D eigenvalue weighted by Crippen LogP contribution is -2.31. The average molecular weight is 286 g/mol. The van der Waals surface area contributed by atoms with Crippen molar-refractivity contribution in [1.29, 1.82) is 0 Å². The molecule has 1 amide bonds. The van der Waals surface area contributed by atoms with Crippen molar-refractivity contribution >= 4 is 11.6 Å². The molecule has 0 radical (unpaired) electrons. The molecule has 0 bridgehead atoms. The van der Waals surface area contributed by atoms with Crippen LogP contribution in [0.25, 0.3) is 0 Å². The Morgan fingerprint density at radius 2 is 1.95 bits per heavy atom. The zero-order valence-corrected chi connectivity index (χ0v) is 11.7. The number of nitrogens with two attached hydrogens (primary N) is 1. The van der Waals surface area contributed by atoms with Gasteiger partial charge in [-0.1, -0.05) is 36.4 Å². The minimum absolute atomic E-state index is 0.194. The molecule has 2 rings (SSSR count). The number of benzene rings is 2. The lowest BCUT2D eigenvalue weighted by atomic mass is 10.1. The number of hydrogen-bond acceptors (Lipinski definition) is 4. The number of hydrogen-bond donors (Lipinski definition) is 3. The number of nitrogen functional groups attached to an aromatic ring is 1. The van der Waals surface area contributed by atoms with Gasteiger partial charge in [-0.2, -0.15) is 0 Å². The standard InChI is InChI=1S/C16H18N2O3/c1-21-15-12(8-5-9-13(15)17)16(20)18-14(10-19)11-6-3-2-4-7-11/h2-9,14,19H,10,17H2,1H3,(H,18,20)/t14-/m0/s1. The van der Waals surface area contributed by atoms with Gasteiger partial charge in [0.15, 0.2) is 5.75 Å². The van der Waals surface area contributed by atoms with Crippen LogP contribution in [0, 0.1) is 0 Å². The number of para-hydroxylation sites is 1. The van der Waals surface area contributed by atoms with E-state index < -0.39 is 6.04 Å². The van der Waals surface area contributed by atoms with Crippen LogP contribution in [0.15, 0.2) is 48.5 Å². The molecule has 0 unspecified atom stereocenters. The van der Waals surface area contributed by atoms with Crippen LogP contribution in [0.5, 0.6) is 5.75 Å². The van der Waals surface area contributed by atoms with E-state index in [2.05, 4.69) is 5.32 Å². The molecular weight excluding hydrogens is 268 g/mol. The van der Waals surface area contributed by atoms with Gasteiger partial charge in [0.2, 0.25) is 0 Å². The summed E-state index contributed by atoms with van der Waals surface area (Å²) in [4.78, 5) is 12.4. The van der Waals surface area contributed by atoms with Gasteiger partial charge in [0.05, 0.1) is 31.0 Å². The number of carbonyl (C=O) groups excluding carboxylic acids is 1. The van der Waals surface area contributed by atoms with Crippen molar-refractivity contribution in [1.82, 2.24) is 5.32 Å². The lowest BCUT2D eigenvalue weighted by Gasteiger charge is -2.18. The summed E-state index contributed by atoms with van der Waals surface area (Å²) in [5, 5.41) is 12.3. The lowest BCUT2D eigenvalue weighted by molar-refractivity contribution is 0.0913. The Labute approximate surface area is 123 Å². The predicted octanol–water partition coefficient (Wildman–Crippen LogP) is 1.74. The van der Waals surface area contributed by atoms with Crippen molar-refractivity contribution in [3.05, 3.63) is 59.7 Å². The molecule has 5 heteroatoms.